The molecule has 0 saturated heterocycles. The molecule has 2 atom stereocenters. The lowest BCUT2D eigenvalue weighted by molar-refractivity contribution is -0.123. The monoisotopic (exact) mass is 220 g/mol. The van der Waals surface area contributed by atoms with Crippen LogP contribution in [0.15, 0.2) is 22.7 Å². The number of carbonyl (C=O) groups excluding carboxylic acids is 1. The molecule has 3 nitrogen and oxygen atoms in total. The van der Waals surface area contributed by atoms with E-state index >= 15 is 0 Å². The van der Waals surface area contributed by atoms with Gasteiger partial charge in [-0.25, -0.2) is 0 Å². The minimum atomic E-state index is -0.226. The molecule has 0 aliphatic heterocycles. The van der Waals surface area contributed by atoms with Gasteiger partial charge in [0.15, 0.2) is 5.76 Å². The van der Waals surface area contributed by atoms with Crippen molar-refractivity contribution in [3.63, 3.8) is 0 Å². The molecule has 0 amide bonds. The second-order valence-electron chi connectivity index (χ2n) is 4.91. The van der Waals surface area contributed by atoms with Gasteiger partial charge in [0, 0.05) is 5.57 Å². The van der Waals surface area contributed by atoms with Crippen LogP contribution < -0.4 is 0 Å². The summed E-state index contributed by atoms with van der Waals surface area (Å²) in [5.74, 6) is 2.13. The number of Topliss-reactive ketones (excluding diaryl/α,β-unsaturated/α-hetero) is 1. The second kappa shape index (κ2) is 2.90. The Morgan fingerprint density at radius 1 is 1.25 bits per heavy atom. The van der Waals surface area contributed by atoms with Crippen LogP contribution in [-0.4, -0.2) is 20.0 Å². The Labute approximate surface area is 95.1 Å². The molecule has 0 aromatic heterocycles. The third-order valence-corrected chi connectivity index (χ3v) is 4.36. The normalized spacial score (nSPS) is 36.2. The van der Waals surface area contributed by atoms with Crippen molar-refractivity contribution < 1.29 is 14.3 Å². The van der Waals surface area contributed by atoms with Crippen LogP contribution in [0.4, 0.5) is 0 Å². The van der Waals surface area contributed by atoms with E-state index in [0.717, 1.165) is 30.6 Å². The predicted octanol–water partition coefficient (Wildman–Crippen LogP) is 2.19. The zero-order valence-corrected chi connectivity index (χ0v) is 9.92. The van der Waals surface area contributed by atoms with E-state index in [9.17, 15) is 4.79 Å². The largest absolute Gasteiger partial charge is 0.496 e. The Morgan fingerprint density at radius 3 is 2.50 bits per heavy atom. The summed E-state index contributed by atoms with van der Waals surface area (Å²) in [7, 11) is 3.25. The van der Waals surface area contributed by atoms with Gasteiger partial charge >= 0.3 is 0 Å². The fraction of sp³-hybridized carbons (Fsp3) is 0.615. The van der Waals surface area contributed by atoms with Gasteiger partial charge in [0.05, 0.1) is 19.6 Å². The number of carbonyl (C=O) groups is 1. The number of rotatable bonds is 2. The van der Waals surface area contributed by atoms with Crippen LogP contribution in [-0.2, 0) is 14.3 Å². The van der Waals surface area contributed by atoms with Crippen molar-refractivity contribution >= 4 is 5.78 Å². The van der Waals surface area contributed by atoms with Crippen LogP contribution >= 0.6 is 0 Å². The van der Waals surface area contributed by atoms with E-state index in [4.69, 9.17) is 9.47 Å². The Hall–Kier alpha value is -1.25. The second-order valence-corrected chi connectivity index (χ2v) is 4.91. The average molecular weight is 220 g/mol. The first-order chi connectivity index (χ1) is 7.66. The summed E-state index contributed by atoms with van der Waals surface area (Å²) < 4.78 is 10.7. The van der Waals surface area contributed by atoms with Crippen LogP contribution in [0, 0.1) is 11.3 Å². The zero-order chi connectivity index (χ0) is 11.5. The van der Waals surface area contributed by atoms with Crippen molar-refractivity contribution in [1.82, 2.24) is 0 Å². The Kier molecular flexibility index (Phi) is 1.80. The summed E-state index contributed by atoms with van der Waals surface area (Å²) >= 11 is 0. The lowest BCUT2D eigenvalue weighted by Gasteiger charge is -2.26. The molecular weight excluding hydrogens is 204 g/mol. The van der Waals surface area contributed by atoms with E-state index in [0.29, 0.717) is 11.7 Å². The molecule has 3 rings (SSSR count). The van der Waals surface area contributed by atoms with E-state index in [1.54, 1.807) is 14.2 Å². The van der Waals surface area contributed by atoms with E-state index < -0.39 is 0 Å². The molecule has 1 unspecified atom stereocenters. The molecule has 0 radical (unpaired) electrons. The smallest absolute Gasteiger partial charge is 0.208 e. The van der Waals surface area contributed by atoms with Crippen LogP contribution in [0.5, 0.6) is 0 Å². The maximum atomic E-state index is 12.4. The highest BCUT2D eigenvalue weighted by Crippen LogP contribution is 2.70. The standard InChI is InChI=1S/C13H16O3/c1-7-10(15-2)9-5-4-8-6-13(8,9)12(14)11(7)16-3/h8H,4-6H2,1-3H3/t8-,13?/m0/s1. The topological polar surface area (TPSA) is 35.5 Å². The molecule has 3 aliphatic rings. The third kappa shape index (κ3) is 0.879. The molecule has 3 heteroatoms. The van der Waals surface area contributed by atoms with Gasteiger partial charge < -0.3 is 9.47 Å². The molecule has 0 heterocycles. The first-order valence-corrected chi connectivity index (χ1v) is 5.74. The van der Waals surface area contributed by atoms with Crippen molar-refractivity contribution in [3.8, 4) is 0 Å². The summed E-state index contributed by atoms with van der Waals surface area (Å²) in [6.45, 7) is 1.91. The number of hydrogen-bond acceptors (Lipinski definition) is 3. The van der Waals surface area contributed by atoms with Gasteiger partial charge in [-0.3, -0.25) is 4.79 Å². The van der Waals surface area contributed by atoms with Gasteiger partial charge in [-0.1, -0.05) is 0 Å². The molecule has 0 N–H and O–H groups in total. The highest BCUT2D eigenvalue weighted by molar-refractivity contribution is 6.06. The van der Waals surface area contributed by atoms with Crippen LogP contribution in [0.2, 0.25) is 0 Å². The third-order valence-electron chi connectivity index (χ3n) is 4.36. The maximum Gasteiger partial charge on any atom is 0.208 e. The quantitative estimate of drug-likeness (QED) is 0.715. The van der Waals surface area contributed by atoms with Crippen molar-refractivity contribution in [1.29, 1.82) is 0 Å². The lowest BCUT2D eigenvalue weighted by atomic mass is 9.83. The first kappa shape index (κ1) is 9.94. The predicted molar refractivity (Wildman–Crippen MR) is 58.5 cm³/mol. The van der Waals surface area contributed by atoms with E-state index in [-0.39, 0.29) is 11.2 Å². The fourth-order valence-electron chi connectivity index (χ4n) is 3.55. The van der Waals surface area contributed by atoms with Gasteiger partial charge in [-0.05, 0) is 37.7 Å². The van der Waals surface area contributed by atoms with Crippen molar-refractivity contribution in [2.45, 2.75) is 26.2 Å². The highest BCUT2D eigenvalue weighted by atomic mass is 16.5. The Morgan fingerprint density at radius 2 is 1.94 bits per heavy atom. The van der Waals surface area contributed by atoms with Crippen molar-refractivity contribution in [2.24, 2.45) is 11.3 Å². The molecule has 0 bridgehead atoms. The van der Waals surface area contributed by atoms with Crippen LogP contribution in [0.25, 0.3) is 0 Å². The van der Waals surface area contributed by atoms with Gasteiger partial charge in [0.25, 0.3) is 0 Å². The summed E-state index contributed by atoms with van der Waals surface area (Å²) in [6, 6.07) is 0. The van der Waals surface area contributed by atoms with Crippen LogP contribution in [0.3, 0.4) is 0 Å². The summed E-state index contributed by atoms with van der Waals surface area (Å²) in [5, 5.41) is 0. The fourth-order valence-corrected chi connectivity index (χ4v) is 3.55. The molecule has 2 saturated carbocycles. The van der Waals surface area contributed by atoms with Crippen molar-refractivity contribution in [3.05, 3.63) is 22.7 Å². The Balaban J connectivity index is 2.20. The summed E-state index contributed by atoms with van der Waals surface area (Å²) in [6.07, 6.45) is 3.13. The zero-order valence-electron chi connectivity index (χ0n) is 9.92. The summed E-state index contributed by atoms with van der Waals surface area (Å²) in [4.78, 5) is 12.4. The summed E-state index contributed by atoms with van der Waals surface area (Å²) in [5.41, 5.74) is 1.86. The minimum Gasteiger partial charge on any atom is -0.496 e. The molecule has 16 heavy (non-hydrogen) atoms. The lowest BCUT2D eigenvalue weighted by Crippen LogP contribution is -2.27. The molecule has 0 aromatic carbocycles. The molecular formula is C13H16O3. The molecule has 3 aliphatic carbocycles. The van der Waals surface area contributed by atoms with Gasteiger partial charge in [0.2, 0.25) is 5.78 Å². The first-order valence-electron chi connectivity index (χ1n) is 5.74. The van der Waals surface area contributed by atoms with Gasteiger partial charge in [0.1, 0.15) is 5.76 Å². The van der Waals surface area contributed by atoms with E-state index in [1.807, 2.05) is 6.92 Å². The SMILES string of the molecule is COC1=C(C)C(OC)=C2CC[C@H]3CC23C1=O. The Bertz CT molecular complexity index is 444. The average Bonchev–Trinajstić information content (AvgIpc) is 2.89. The van der Waals surface area contributed by atoms with Gasteiger partial charge in [-0.2, -0.15) is 0 Å². The number of methoxy groups -OCH3 is 2. The van der Waals surface area contributed by atoms with E-state index in [2.05, 4.69) is 0 Å². The maximum absolute atomic E-state index is 12.4. The molecule has 2 fully saturated rings. The van der Waals surface area contributed by atoms with E-state index in [1.165, 1.54) is 5.57 Å². The number of allylic oxidation sites excluding steroid dienone is 3. The molecule has 1 spiro atoms. The number of hydrogen-bond donors (Lipinski definition) is 0. The van der Waals surface area contributed by atoms with Crippen molar-refractivity contribution in [2.75, 3.05) is 14.2 Å². The molecule has 86 valence electrons. The van der Waals surface area contributed by atoms with Crippen LogP contribution in [0.1, 0.15) is 26.2 Å². The minimum absolute atomic E-state index is 0.186. The molecule has 0 aromatic rings. The number of ketones is 1. The number of ether oxygens (including phenoxy) is 2. The highest BCUT2D eigenvalue weighted by Gasteiger charge is 2.68. The van der Waals surface area contributed by atoms with Gasteiger partial charge in [-0.15, -0.1) is 0 Å².